The van der Waals surface area contributed by atoms with Gasteiger partial charge in [-0.3, -0.25) is 9.59 Å². The summed E-state index contributed by atoms with van der Waals surface area (Å²) in [5.41, 5.74) is 2.80. The number of thiophene rings is 1. The number of hydrogen-bond donors (Lipinski definition) is 1. The van der Waals surface area contributed by atoms with Gasteiger partial charge in [-0.05, 0) is 69.4 Å². The standard InChI is InChI=1S/C22H26N2O4S/c1-3-24(4-2)21(26)15-9-11-16(12-10-15)23-20(25)13-28-22(27)18-14-29-19-8-6-5-7-17(18)19/h9-12,14H,3-8,13H2,1-2H3,(H,23,25). The van der Waals surface area contributed by atoms with Gasteiger partial charge in [0.05, 0.1) is 5.56 Å². The summed E-state index contributed by atoms with van der Waals surface area (Å²) in [6.07, 6.45) is 4.15. The Morgan fingerprint density at radius 3 is 2.45 bits per heavy atom. The third-order valence-corrected chi connectivity index (χ3v) is 6.17. The average molecular weight is 415 g/mol. The second kappa shape index (κ2) is 9.69. The van der Waals surface area contributed by atoms with Crippen LogP contribution in [0.3, 0.4) is 0 Å². The summed E-state index contributed by atoms with van der Waals surface area (Å²) in [4.78, 5) is 39.8. The molecule has 1 aliphatic rings. The Balaban J connectivity index is 1.52. The molecule has 2 amide bonds. The highest BCUT2D eigenvalue weighted by molar-refractivity contribution is 7.10. The number of carbonyl (C=O) groups is 3. The number of fused-ring (bicyclic) bond motifs is 1. The Kier molecular flexibility index (Phi) is 7.04. The number of ether oxygens (including phenoxy) is 1. The van der Waals surface area contributed by atoms with E-state index >= 15 is 0 Å². The van der Waals surface area contributed by atoms with E-state index in [9.17, 15) is 14.4 Å². The van der Waals surface area contributed by atoms with Crippen LogP contribution < -0.4 is 5.32 Å². The molecule has 0 saturated carbocycles. The van der Waals surface area contributed by atoms with Crippen LogP contribution in [0.15, 0.2) is 29.6 Å². The van der Waals surface area contributed by atoms with E-state index in [0.29, 0.717) is 29.9 Å². The van der Waals surface area contributed by atoms with Crippen LogP contribution >= 0.6 is 11.3 Å². The largest absolute Gasteiger partial charge is 0.452 e. The smallest absolute Gasteiger partial charge is 0.339 e. The Hall–Kier alpha value is -2.67. The molecule has 3 rings (SSSR count). The van der Waals surface area contributed by atoms with Crippen molar-refractivity contribution in [2.24, 2.45) is 0 Å². The molecule has 0 aliphatic heterocycles. The van der Waals surface area contributed by atoms with Gasteiger partial charge in [0.2, 0.25) is 0 Å². The van der Waals surface area contributed by atoms with E-state index in [-0.39, 0.29) is 12.5 Å². The van der Waals surface area contributed by atoms with E-state index in [1.165, 1.54) is 4.88 Å². The molecule has 0 unspecified atom stereocenters. The number of amides is 2. The molecule has 1 aliphatic carbocycles. The van der Waals surface area contributed by atoms with Crippen molar-refractivity contribution in [3.8, 4) is 0 Å². The van der Waals surface area contributed by atoms with Crippen molar-refractivity contribution in [1.82, 2.24) is 4.90 Å². The molecule has 0 radical (unpaired) electrons. The second-order valence-corrected chi connectivity index (χ2v) is 7.90. The molecule has 0 fully saturated rings. The molecule has 2 aromatic rings. The molecule has 0 spiro atoms. The van der Waals surface area contributed by atoms with Crippen molar-refractivity contribution in [1.29, 1.82) is 0 Å². The summed E-state index contributed by atoms with van der Waals surface area (Å²) in [6.45, 7) is 4.81. The van der Waals surface area contributed by atoms with Gasteiger partial charge in [0, 0.05) is 34.6 Å². The molecular weight excluding hydrogens is 388 g/mol. The van der Waals surface area contributed by atoms with Gasteiger partial charge in [-0.25, -0.2) is 4.79 Å². The Morgan fingerprint density at radius 2 is 1.76 bits per heavy atom. The monoisotopic (exact) mass is 414 g/mol. The zero-order chi connectivity index (χ0) is 20.8. The zero-order valence-electron chi connectivity index (χ0n) is 16.8. The Labute approximate surface area is 174 Å². The van der Waals surface area contributed by atoms with Crippen molar-refractivity contribution in [2.45, 2.75) is 39.5 Å². The SMILES string of the molecule is CCN(CC)C(=O)c1ccc(NC(=O)COC(=O)c2csc3c2CCCC3)cc1. The third kappa shape index (κ3) is 5.03. The normalized spacial score (nSPS) is 12.8. The van der Waals surface area contributed by atoms with Crippen molar-refractivity contribution < 1.29 is 19.1 Å². The number of nitrogens with one attached hydrogen (secondary N) is 1. The lowest BCUT2D eigenvalue weighted by atomic mass is 9.96. The van der Waals surface area contributed by atoms with Crippen molar-refractivity contribution in [3.63, 3.8) is 0 Å². The van der Waals surface area contributed by atoms with Gasteiger partial charge >= 0.3 is 5.97 Å². The summed E-state index contributed by atoms with van der Waals surface area (Å²) in [5.74, 6) is -0.897. The Morgan fingerprint density at radius 1 is 1.07 bits per heavy atom. The first kappa shape index (κ1) is 21.0. The highest BCUT2D eigenvalue weighted by atomic mass is 32.1. The van der Waals surface area contributed by atoms with Crippen molar-refractivity contribution >= 4 is 34.8 Å². The van der Waals surface area contributed by atoms with Crippen LogP contribution in [-0.4, -0.2) is 42.4 Å². The van der Waals surface area contributed by atoms with Crippen LogP contribution in [0.4, 0.5) is 5.69 Å². The number of esters is 1. The fraction of sp³-hybridized carbons (Fsp3) is 0.409. The molecule has 6 nitrogen and oxygen atoms in total. The average Bonchev–Trinajstić information content (AvgIpc) is 3.17. The number of anilines is 1. The molecule has 0 saturated heterocycles. The van der Waals surface area contributed by atoms with Gasteiger partial charge in [-0.15, -0.1) is 11.3 Å². The van der Waals surface area contributed by atoms with Gasteiger partial charge in [-0.2, -0.15) is 0 Å². The molecule has 1 heterocycles. The summed E-state index contributed by atoms with van der Waals surface area (Å²) in [5, 5.41) is 4.52. The number of aryl methyl sites for hydroxylation is 1. The van der Waals surface area contributed by atoms with E-state index < -0.39 is 11.9 Å². The molecular formula is C22H26N2O4S. The maximum atomic E-state index is 12.3. The lowest BCUT2D eigenvalue weighted by Gasteiger charge is -2.18. The molecule has 1 aromatic heterocycles. The van der Waals surface area contributed by atoms with E-state index in [0.717, 1.165) is 31.2 Å². The minimum Gasteiger partial charge on any atom is -0.452 e. The molecule has 7 heteroatoms. The van der Waals surface area contributed by atoms with Crippen LogP contribution in [0.2, 0.25) is 0 Å². The molecule has 0 bridgehead atoms. The van der Waals surface area contributed by atoms with Crippen LogP contribution in [0.5, 0.6) is 0 Å². The van der Waals surface area contributed by atoms with Crippen molar-refractivity contribution in [3.05, 3.63) is 51.2 Å². The van der Waals surface area contributed by atoms with Crippen molar-refractivity contribution in [2.75, 3.05) is 25.0 Å². The van der Waals surface area contributed by atoms with Gasteiger partial charge in [-0.1, -0.05) is 0 Å². The van der Waals surface area contributed by atoms with E-state index in [2.05, 4.69) is 5.32 Å². The number of rotatable bonds is 7. The minimum atomic E-state index is -0.445. The number of benzene rings is 1. The molecule has 1 N–H and O–H groups in total. The molecule has 0 atom stereocenters. The first-order valence-corrected chi connectivity index (χ1v) is 10.9. The summed E-state index contributed by atoms with van der Waals surface area (Å²) < 4.78 is 5.20. The lowest BCUT2D eigenvalue weighted by molar-refractivity contribution is -0.119. The Bertz CT molecular complexity index is 885. The van der Waals surface area contributed by atoms with Gasteiger partial charge in [0.1, 0.15) is 0 Å². The fourth-order valence-corrected chi connectivity index (χ4v) is 4.58. The van der Waals surface area contributed by atoms with Gasteiger partial charge < -0.3 is 15.0 Å². The summed E-state index contributed by atoms with van der Waals surface area (Å²) >= 11 is 1.59. The predicted molar refractivity (Wildman–Crippen MR) is 114 cm³/mol. The maximum absolute atomic E-state index is 12.3. The van der Waals surface area contributed by atoms with Crippen LogP contribution in [0, 0.1) is 0 Å². The topological polar surface area (TPSA) is 75.7 Å². The van der Waals surface area contributed by atoms with Gasteiger partial charge in [0.15, 0.2) is 6.61 Å². The fourth-order valence-electron chi connectivity index (χ4n) is 3.46. The van der Waals surface area contributed by atoms with Crippen LogP contribution in [-0.2, 0) is 22.4 Å². The lowest BCUT2D eigenvalue weighted by Crippen LogP contribution is -2.30. The highest BCUT2D eigenvalue weighted by Crippen LogP contribution is 2.30. The van der Waals surface area contributed by atoms with E-state index in [4.69, 9.17) is 4.74 Å². The number of nitrogens with zero attached hydrogens (tertiary/aromatic N) is 1. The van der Waals surface area contributed by atoms with E-state index in [1.807, 2.05) is 19.2 Å². The second-order valence-electron chi connectivity index (χ2n) is 6.94. The van der Waals surface area contributed by atoms with Crippen LogP contribution in [0.1, 0.15) is 57.8 Å². The first-order chi connectivity index (χ1) is 14.0. The molecule has 29 heavy (non-hydrogen) atoms. The quantitative estimate of drug-likeness (QED) is 0.697. The minimum absolute atomic E-state index is 0.0408. The molecule has 1 aromatic carbocycles. The molecule has 154 valence electrons. The third-order valence-electron chi connectivity index (χ3n) is 5.08. The number of carbonyl (C=O) groups excluding carboxylic acids is 3. The number of hydrogen-bond acceptors (Lipinski definition) is 5. The van der Waals surface area contributed by atoms with Crippen LogP contribution in [0.25, 0.3) is 0 Å². The first-order valence-electron chi connectivity index (χ1n) is 9.99. The summed E-state index contributed by atoms with van der Waals surface area (Å²) in [7, 11) is 0. The maximum Gasteiger partial charge on any atom is 0.339 e. The summed E-state index contributed by atoms with van der Waals surface area (Å²) in [6, 6.07) is 6.71. The predicted octanol–water partition coefficient (Wildman–Crippen LogP) is 3.90. The van der Waals surface area contributed by atoms with Gasteiger partial charge in [0.25, 0.3) is 11.8 Å². The van der Waals surface area contributed by atoms with E-state index in [1.54, 1.807) is 40.5 Å². The zero-order valence-corrected chi connectivity index (χ0v) is 17.6. The highest BCUT2D eigenvalue weighted by Gasteiger charge is 2.21.